The maximum Gasteiger partial charge on any atom is 0.303 e. The number of ketones is 1. The summed E-state index contributed by atoms with van der Waals surface area (Å²) >= 11 is 0.973. The van der Waals surface area contributed by atoms with Crippen LogP contribution in [0.3, 0.4) is 0 Å². The van der Waals surface area contributed by atoms with Crippen LogP contribution in [0.25, 0.3) is 11.3 Å². The molecule has 1 aliphatic carbocycles. The highest BCUT2D eigenvalue weighted by Gasteiger charge is 2.52. The van der Waals surface area contributed by atoms with Gasteiger partial charge in [0.15, 0.2) is 35.8 Å². The van der Waals surface area contributed by atoms with Gasteiger partial charge in [-0.2, -0.15) is 0 Å². The Morgan fingerprint density at radius 2 is 1.58 bits per heavy atom. The van der Waals surface area contributed by atoms with Crippen molar-refractivity contribution in [3.05, 3.63) is 83.2 Å². The minimum atomic E-state index is -1.67. The molecule has 0 spiro atoms. The molecule has 0 saturated carbocycles. The number of nitrogens with zero attached hydrogens (tertiary/aromatic N) is 3. The number of carbonyl (C=O) groups excluding carboxylic acids is 4. The molecule has 3 aromatic rings. The van der Waals surface area contributed by atoms with Gasteiger partial charge in [0.2, 0.25) is 5.78 Å². The van der Waals surface area contributed by atoms with Crippen molar-refractivity contribution in [1.29, 1.82) is 0 Å². The van der Waals surface area contributed by atoms with E-state index in [1.807, 2.05) is 0 Å². The van der Waals surface area contributed by atoms with E-state index >= 15 is 0 Å². The Bertz CT molecular complexity index is 1810. The highest BCUT2D eigenvalue weighted by Crippen LogP contribution is 2.42. The molecule has 0 N–H and O–H groups in total. The average Bonchev–Trinajstić information content (AvgIpc) is 3.55. The SMILES string of the molecule is COc1ccc(OC2C=CC(S[C@H]3OC(COC(C)=O)[C@H](OC(C)=O)C(n4cc(-c5cc(F)c(F)c(F)c5)nn4)[C@@H]3OC(C)=O)=CC2=O)cc1. The molecule has 0 amide bonds. The van der Waals surface area contributed by atoms with Gasteiger partial charge in [-0.25, -0.2) is 17.9 Å². The molecule has 50 heavy (non-hydrogen) atoms. The van der Waals surface area contributed by atoms with E-state index in [9.17, 15) is 32.3 Å². The Balaban J connectivity index is 1.48. The first-order chi connectivity index (χ1) is 23.8. The lowest BCUT2D eigenvalue weighted by Crippen LogP contribution is -2.57. The van der Waals surface area contributed by atoms with E-state index in [0.29, 0.717) is 16.4 Å². The third-order valence-corrected chi connectivity index (χ3v) is 8.48. The maximum atomic E-state index is 14.1. The van der Waals surface area contributed by atoms with Gasteiger partial charge in [0.25, 0.3) is 0 Å². The summed E-state index contributed by atoms with van der Waals surface area (Å²) in [5, 5.41) is 8.02. The zero-order valence-corrected chi connectivity index (χ0v) is 27.7. The number of thioether (sulfide) groups is 1. The van der Waals surface area contributed by atoms with E-state index in [4.69, 9.17) is 28.4 Å². The number of carbonyl (C=O) groups is 4. The number of methoxy groups -OCH3 is 1. The molecule has 2 heterocycles. The second kappa shape index (κ2) is 15.6. The Labute approximate surface area is 287 Å². The maximum absolute atomic E-state index is 14.1. The van der Waals surface area contributed by atoms with Gasteiger partial charge in [-0.05, 0) is 54.6 Å². The van der Waals surface area contributed by atoms with Crippen molar-refractivity contribution in [3.8, 4) is 22.8 Å². The largest absolute Gasteiger partial charge is 0.497 e. The van der Waals surface area contributed by atoms with Crippen LogP contribution in [0.5, 0.6) is 11.5 Å². The van der Waals surface area contributed by atoms with Crippen LogP contribution in [-0.2, 0) is 38.1 Å². The second-order valence-corrected chi connectivity index (χ2v) is 12.1. The molecule has 1 aliphatic heterocycles. The van der Waals surface area contributed by atoms with Crippen LogP contribution in [0, 0.1) is 17.5 Å². The molecule has 13 nitrogen and oxygen atoms in total. The minimum absolute atomic E-state index is 0.107. The summed E-state index contributed by atoms with van der Waals surface area (Å²) in [6, 6.07) is 6.86. The van der Waals surface area contributed by atoms with Gasteiger partial charge in [0.1, 0.15) is 41.4 Å². The van der Waals surface area contributed by atoms with Crippen LogP contribution in [0.4, 0.5) is 13.2 Å². The summed E-state index contributed by atoms with van der Waals surface area (Å²) in [4.78, 5) is 50.1. The van der Waals surface area contributed by atoms with Crippen LogP contribution in [-0.4, -0.2) is 82.3 Å². The van der Waals surface area contributed by atoms with E-state index in [1.54, 1.807) is 30.3 Å². The second-order valence-electron chi connectivity index (χ2n) is 11.0. The number of hydrogen-bond acceptors (Lipinski definition) is 13. The van der Waals surface area contributed by atoms with E-state index in [-0.39, 0.29) is 11.3 Å². The number of aromatic nitrogens is 3. The summed E-state index contributed by atoms with van der Waals surface area (Å²) < 4.78 is 76.6. The van der Waals surface area contributed by atoms with Gasteiger partial charge in [-0.3, -0.25) is 19.2 Å². The molecule has 264 valence electrons. The summed E-state index contributed by atoms with van der Waals surface area (Å²) in [6.45, 7) is 2.99. The van der Waals surface area contributed by atoms with Gasteiger partial charge >= 0.3 is 17.9 Å². The molecule has 5 rings (SSSR count). The van der Waals surface area contributed by atoms with E-state index in [1.165, 1.54) is 25.5 Å². The topological polar surface area (TPSA) is 154 Å². The predicted molar refractivity (Wildman–Crippen MR) is 168 cm³/mol. The van der Waals surface area contributed by atoms with Crippen molar-refractivity contribution >= 4 is 35.5 Å². The molecule has 0 radical (unpaired) electrons. The van der Waals surface area contributed by atoms with Crippen molar-refractivity contribution in [3.63, 3.8) is 0 Å². The molecule has 1 aromatic heterocycles. The molecular weight excluding hydrogens is 687 g/mol. The van der Waals surface area contributed by atoms with Crippen molar-refractivity contribution in [2.75, 3.05) is 13.7 Å². The standard InChI is InChI=1S/C33H30F3N3O10S/c1-16(40)45-15-28-31(46-17(2)41)30(39-14-25(37-38-39)19-11-23(34)29(36)24(35)12-19)32(47-18(3)42)33(49-28)50-22-9-10-27(26(43)13-22)48-21-7-5-20(44-4)6-8-21/h5-14,27-28,30-33H,15H2,1-4H3/t27?,28?,30?,31-,32-,33+/m0/s1. The van der Waals surface area contributed by atoms with Gasteiger partial charge in [0, 0.05) is 31.2 Å². The lowest BCUT2D eigenvalue weighted by molar-refractivity contribution is -0.212. The molecule has 2 aliphatic rings. The molecule has 6 atom stereocenters. The monoisotopic (exact) mass is 717 g/mol. The van der Waals surface area contributed by atoms with E-state index in [0.717, 1.165) is 49.3 Å². The lowest BCUT2D eigenvalue weighted by Gasteiger charge is -2.44. The fourth-order valence-electron chi connectivity index (χ4n) is 5.19. The first kappa shape index (κ1) is 36.1. The molecule has 3 unspecified atom stereocenters. The fourth-order valence-corrected chi connectivity index (χ4v) is 6.35. The molecular formula is C33H30F3N3O10S. The third-order valence-electron chi connectivity index (χ3n) is 7.34. The van der Waals surface area contributed by atoms with E-state index < -0.39 is 83.6 Å². The highest BCUT2D eigenvalue weighted by atomic mass is 32.2. The fraction of sp³-hybridized carbons (Fsp3) is 0.333. The van der Waals surface area contributed by atoms with Crippen LogP contribution in [0.1, 0.15) is 26.8 Å². The van der Waals surface area contributed by atoms with Crippen LogP contribution in [0.2, 0.25) is 0 Å². The predicted octanol–water partition coefficient (Wildman–Crippen LogP) is 4.27. The smallest absolute Gasteiger partial charge is 0.303 e. The zero-order valence-electron chi connectivity index (χ0n) is 26.9. The molecule has 2 aromatic carbocycles. The zero-order chi connectivity index (χ0) is 36.1. The van der Waals surface area contributed by atoms with Crippen molar-refractivity contribution in [1.82, 2.24) is 15.0 Å². The Kier molecular flexibility index (Phi) is 11.3. The molecule has 1 saturated heterocycles. The van der Waals surface area contributed by atoms with Crippen molar-refractivity contribution < 1.29 is 60.8 Å². The molecule has 17 heteroatoms. The normalized spacial score (nSPS) is 23.1. The van der Waals surface area contributed by atoms with E-state index in [2.05, 4.69) is 10.3 Å². The first-order valence-electron chi connectivity index (χ1n) is 14.9. The van der Waals surface area contributed by atoms with Crippen LogP contribution < -0.4 is 9.47 Å². The first-order valence-corrected chi connectivity index (χ1v) is 15.8. The number of allylic oxidation sites excluding steroid dienone is 1. The quantitative estimate of drug-likeness (QED) is 0.158. The highest BCUT2D eigenvalue weighted by molar-refractivity contribution is 8.03. The summed E-state index contributed by atoms with van der Waals surface area (Å²) in [6.07, 6.45) is 0.897. The average molecular weight is 718 g/mol. The van der Waals surface area contributed by atoms with Gasteiger partial charge in [-0.1, -0.05) is 17.0 Å². The summed E-state index contributed by atoms with van der Waals surface area (Å²) in [7, 11) is 1.52. The Hall–Kier alpha value is -5.16. The van der Waals surface area contributed by atoms with Gasteiger partial charge in [0.05, 0.1) is 13.3 Å². The van der Waals surface area contributed by atoms with Gasteiger partial charge in [-0.15, -0.1) is 5.10 Å². The van der Waals surface area contributed by atoms with Gasteiger partial charge < -0.3 is 28.4 Å². The summed E-state index contributed by atoms with van der Waals surface area (Å²) in [5.41, 5.74) is -1.42. The number of benzene rings is 2. The number of hydrogen-bond donors (Lipinski definition) is 0. The van der Waals surface area contributed by atoms with Crippen LogP contribution >= 0.6 is 11.8 Å². The number of ether oxygens (including phenoxy) is 6. The number of esters is 3. The lowest BCUT2D eigenvalue weighted by atomic mass is 9.96. The minimum Gasteiger partial charge on any atom is -0.497 e. The number of halogens is 3. The van der Waals surface area contributed by atoms with Crippen molar-refractivity contribution in [2.45, 2.75) is 56.7 Å². The molecule has 0 bridgehead atoms. The number of rotatable bonds is 11. The Morgan fingerprint density at radius 3 is 2.18 bits per heavy atom. The molecule has 1 fully saturated rings. The van der Waals surface area contributed by atoms with Crippen molar-refractivity contribution in [2.24, 2.45) is 0 Å². The third kappa shape index (κ3) is 8.52. The summed E-state index contributed by atoms with van der Waals surface area (Å²) in [5.74, 6) is -6.19. The van der Waals surface area contributed by atoms with Crippen LogP contribution in [0.15, 0.2) is 65.7 Å². The Morgan fingerprint density at radius 1 is 0.940 bits per heavy atom.